The first-order valence-electron chi connectivity index (χ1n) is 9.67. The van der Waals surface area contributed by atoms with Gasteiger partial charge in [-0.25, -0.2) is 0 Å². The van der Waals surface area contributed by atoms with E-state index >= 15 is 0 Å². The first kappa shape index (κ1) is 24.4. The lowest BCUT2D eigenvalue weighted by Gasteiger charge is -2.08. The Morgan fingerprint density at radius 1 is 0.871 bits per heavy atom. The van der Waals surface area contributed by atoms with Gasteiger partial charge in [0.05, 0.1) is 0 Å². The standard InChI is InChI=1S/C17H15Cl2NO3.C7H9N/c18-14-7-3-12(4-8-14)17(13-5-9-15(19)10-6-13)20-23-11-1-2-16(21)22;8-6-7-4-2-1-3-5-7/h3-10H,1-2,11H2,(H,21,22);1-5H,6,8H2. The summed E-state index contributed by atoms with van der Waals surface area (Å²) in [5.41, 5.74) is 8.86. The van der Waals surface area contributed by atoms with E-state index in [9.17, 15) is 4.79 Å². The van der Waals surface area contributed by atoms with Crippen LogP contribution in [0.3, 0.4) is 0 Å². The summed E-state index contributed by atoms with van der Waals surface area (Å²) in [5.74, 6) is -0.854. The number of carboxylic acids is 1. The van der Waals surface area contributed by atoms with Crippen LogP contribution >= 0.6 is 23.2 Å². The van der Waals surface area contributed by atoms with Crippen molar-refractivity contribution in [1.29, 1.82) is 0 Å². The van der Waals surface area contributed by atoms with Gasteiger partial charge in [0, 0.05) is 34.1 Å². The van der Waals surface area contributed by atoms with Crippen molar-refractivity contribution in [3.05, 3.63) is 106 Å². The Morgan fingerprint density at radius 2 is 1.39 bits per heavy atom. The molecule has 31 heavy (non-hydrogen) atoms. The number of aliphatic carboxylic acids is 1. The molecule has 3 aromatic rings. The zero-order valence-corrected chi connectivity index (χ0v) is 18.4. The number of carboxylic acid groups (broad SMARTS) is 1. The summed E-state index contributed by atoms with van der Waals surface area (Å²) in [6.07, 6.45) is 0.445. The average molecular weight is 459 g/mol. The third-order valence-electron chi connectivity index (χ3n) is 4.10. The highest BCUT2D eigenvalue weighted by atomic mass is 35.5. The van der Waals surface area contributed by atoms with E-state index in [0.29, 0.717) is 28.7 Å². The molecule has 3 rings (SSSR count). The summed E-state index contributed by atoms with van der Waals surface area (Å²) in [5, 5.41) is 14.0. The van der Waals surface area contributed by atoms with Crippen molar-refractivity contribution in [1.82, 2.24) is 0 Å². The molecule has 0 saturated carbocycles. The molecule has 0 spiro atoms. The lowest BCUT2D eigenvalue weighted by atomic mass is 10.0. The van der Waals surface area contributed by atoms with Crippen molar-refractivity contribution in [2.24, 2.45) is 10.9 Å². The van der Waals surface area contributed by atoms with Crippen molar-refractivity contribution < 1.29 is 14.7 Å². The predicted molar refractivity (Wildman–Crippen MR) is 126 cm³/mol. The van der Waals surface area contributed by atoms with E-state index in [4.69, 9.17) is 38.9 Å². The van der Waals surface area contributed by atoms with Gasteiger partial charge in [0.1, 0.15) is 12.3 Å². The fourth-order valence-corrected chi connectivity index (χ4v) is 2.75. The van der Waals surface area contributed by atoms with Gasteiger partial charge >= 0.3 is 5.97 Å². The van der Waals surface area contributed by atoms with Crippen LogP contribution in [0, 0.1) is 0 Å². The zero-order chi connectivity index (χ0) is 22.5. The number of halogens is 2. The lowest BCUT2D eigenvalue weighted by molar-refractivity contribution is -0.137. The summed E-state index contributed by atoms with van der Waals surface area (Å²) in [6, 6.07) is 24.4. The highest BCUT2D eigenvalue weighted by Crippen LogP contribution is 2.17. The Balaban J connectivity index is 0.000000357. The summed E-state index contributed by atoms with van der Waals surface area (Å²) < 4.78 is 0. The summed E-state index contributed by atoms with van der Waals surface area (Å²) in [7, 11) is 0. The third kappa shape index (κ3) is 9.22. The van der Waals surface area contributed by atoms with Crippen molar-refractivity contribution in [3.63, 3.8) is 0 Å². The van der Waals surface area contributed by atoms with Gasteiger partial charge in [0.25, 0.3) is 0 Å². The molecule has 7 heteroatoms. The van der Waals surface area contributed by atoms with Gasteiger partial charge in [-0.15, -0.1) is 0 Å². The molecule has 0 amide bonds. The zero-order valence-electron chi connectivity index (χ0n) is 16.9. The second-order valence-corrected chi connectivity index (χ2v) is 7.35. The molecule has 0 saturated heterocycles. The fraction of sp³-hybridized carbons (Fsp3) is 0.167. The fourth-order valence-electron chi connectivity index (χ4n) is 2.50. The van der Waals surface area contributed by atoms with Crippen LogP contribution in [0.1, 0.15) is 29.5 Å². The van der Waals surface area contributed by atoms with Crippen LogP contribution < -0.4 is 5.73 Å². The first-order chi connectivity index (χ1) is 15.0. The van der Waals surface area contributed by atoms with E-state index in [-0.39, 0.29) is 13.0 Å². The van der Waals surface area contributed by atoms with E-state index < -0.39 is 5.97 Å². The van der Waals surface area contributed by atoms with Crippen molar-refractivity contribution in [2.45, 2.75) is 19.4 Å². The molecule has 0 aliphatic heterocycles. The first-order valence-corrected chi connectivity index (χ1v) is 10.4. The normalized spacial score (nSPS) is 9.90. The molecule has 0 radical (unpaired) electrons. The van der Waals surface area contributed by atoms with E-state index in [1.165, 1.54) is 5.56 Å². The summed E-state index contributed by atoms with van der Waals surface area (Å²) >= 11 is 11.8. The minimum absolute atomic E-state index is 0.0484. The third-order valence-corrected chi connectivity index (χ3v) is 4.60. The predicted octanol–water partition coefficient (Wildman–Crippen LogP) is 5.77. The molecule has 0 aliphatic carbocycles. The number of hydrogen-bond donors (Lipinski definition) is 2. The second-order valence-electron chi connectivity index (χ2n) is 6.47. The van der Waals surface area contributed by atoms with E-state index in [1.54, 1.807) is 24.3 Å². The number of benzene rings is 3. The smallest absolute Gasteiger partial charge is 0.303 e. The molecular formula is C24H24Cl2N2O3. The van der Waals surface area contributed by atoms with Gasteiger partial charge in [-0.05, 0) is 36.2 Å². The number of nitrogens with zero attached hydrogens (tertiary/aromatic N) is 1. The maximum Gasteiger partial charge on any atom is 0.303 e. The lowest BCUT2D eigenvalue weighted by Crippen LogP contribution is -2.05. The molecule has 162 valence electrons. The van der Waals surface area contributed by atoms with E-state index in [1.807, 2.05) is 54.6 Å². The SMILES string of the molecule is NCc1ccccc1.O=C(O)CCCON=C(c1ccc(Cl)cc1)c1ccc(Cl)cc1. The molecule has 0 aliphatic rings. The maximum absolute atomic E-state index is 10.5. The van der Waals surface area contributed by atoms with Crippen LogP contribution in [0.4, 0.5) is 0 Å². The number of rotatable bonds is 8. The molecule has 0 bridgehead atoms. The Morgan fingerprint density at radius 3 is 1.81 bits per heavy atom. The summed E-state index contributed by atoms with van der Waals surface area (Å²) in [6.45, 7) is 0.873. The Labute approximate surface area is 192 Å². The molecule has 3 N–H and O–H groups in total. The monoisotopic (exact) mass is 458 g/mol. The molecule has 5 nitrogen and oxygen atoms in total. The minimum atomic E-state index is -0.854. The van der Waals surface area contributed by atoms with E-state index in [0.717, 1.165) is 11.1 Å². The van der Waals surface area contributed by atoms with Gasteiger partial charge in [0.15, 0.2) is 0 Å². The Hall–Kier alpha value is -2.86. The van der Waals surface area contributed by atoms with Gasteiger partial charge in [0.2, 0.25) is 0 Å². The maximum atomic E-state index is 10.5. The van der Waals surface area contributed by atoms with Crippen LogP contribution in [0.25, 0.3) is 0 Å². The van der Waals surface area contributed by atoms with Gasteiger partial charge < -0.3 is 15.7 Å². The van der Waals surface area contributed by atoms with Crippen LogP contribution in [0.2, 0.25) is 10.0 Å². The molecule has 0 aromatic heterocycles. The molecule has 3 aromatic carbocycles. The topological polar surface area (TPSA) is 84.9 Å². The minimum Gasteiger partial charge on any atom is -0.481 e. The highest BCUT2D eigenvalue weighted by Gasteiger charge is 2.08. The molecule has 0 heterocycles. The second kappa shape index (κ2) is 13.4. The van der Waals surface area contributed by atoms with Gasteiger partial charge in [-0.1, -0.05) is 83.0 Å². The van der Waals surface area contributed by atoms with E-state index in [2.05, 4.69) is 5.16 Å². The van der Waals surface area contributed by atoms with Gasteiger partial charge in [-0.2, -0.15) is 0 Å². The number of nitrogens with two attached hydrogens (primary N) is 1. The Kier molecular flexibility index (Phi) is 10.6. The number of oxime groups is 1. The van der Waals surface area contributed by atoms with Crippen molar-refractivity contribution in [2.75, 3.05) is 6.61 Å². The Bertz CT molecular complexity index is 913. The van der Waals surface area contributed by atoms with Crippen molar-refractivity contribution >= 4 is 34.9 Å². The van der Waals surface area contributed by atoms with Crippen LogP contribution in [-0.2, 0) is 16.2 Å². The van der Waals surface area contributed by atoms with Crippen LogP contribution in [0.5, 0.6) is 0 Å². The quantitative estimate of drug-likeness (QED) is 0.254. The molecule has 0 atom stereocenters. The largest absolute Gasteiger partial charge is 0.481 e. The number of carbonyl (C=O) groups is 1. The molecular weight excluding hydrogens is 435 g/mol. The van der Waals surface area contributed by atoms with Crippen molar-refractivity contribution in [3.8, 4) is 0 Å². The number of hydrogen-bond acceptors (Lipinski definition) is 4. The van der Waals surface area contributed by atoms with Gasteiger partial charge in [-0.3, -0.25) is 4.79 Å². The average Bonchev–Trinajstić information content (AvgIpc) is 2.79. The molecule has 0 fully saturated rings. The van der Waals surface area contributed by atoms with Crippen LogP contribution in [0.15, 0.2) is 84.0 Å². The van der Waals surface area contributed by atoms with Crippen LogP contribution in [-0.4, -0.2) is 23.4 Å². The summed E-state index contributed by atoms with van der Waals surface area (Å²) in [4.78, 5) is 15.8. The molecule has 0 unspecified atom stereocenters. The highest BCUT2D eigenvalue weighted by molar-refractivity contribution is 6.31.